The van der Waals surface area contributed by atoms with Crippen LogP contribution in [0.5, 0.6) is 0 Å². The van der Waals surface area contributed by atoms with Crippen LogP contribution in [0.4, 0.5) is 10.5 Å². The standard InChI is InChI=1S/C19H17N5O2S/c25-19(22-15-6-7-18(20-12-15)24-9-3-8-21-24)23(13-16-4-1-10-26-16)14-17-5-2-11-27-17/h1-12H,13-14H2,(H,22,25). The van der Waals surface area contributed by atoms with E-state index in [1.165, 1.54) is 0 Å². The molecule has 0 spiro atoms. The van der Waals surface area contributed by atoms with Gasteiger partial charge in [0.15, 0.2) is 5.82 Å². The van der Waals surface area contributed by atoms with Crippen molar-refractivity contribution < 1.29 is 9.21 Å². The number of nitrogens with zero attached hydrogens (tertiary/aromatic N) is 4. The highest BCUT2D eigenvalue weighted by Gasteiger charge is 2.17. The Morgan fingerprint density at radius 2 is 2.15 bits per heavy atom. The van der Waals surface area contributed by atoms with Crippen molar-refractivity contribution in [3.8, 4) is 5.82 Å². The van der Waals surface area contributed by atoms with Gasteiger partial charge in [0.25, 0.3) is 0 Å². The van der Waals surface area contributed by atoms with Gasteiger partial charge >= 0.3 is 6.03 Å². The largest absolute Gasteiger partial charge is 0.467 e. The molecule has 8 heteroatoms. The average Bonchev–Trinajstić information content (AvgIpc) is 3.45. The summed E-state index contributed by atoms with van der Waals surface area (Å²) in [4.78, 5) is 19.9. The van der Waals surface area contributed by atoms with Gasteiger partial charge in [0.2, 0.25) is 0 Å². The number of thiophene rings is 1. The second-order valence-corrected chi connectivity index (χ2v) is 6.83. The van der Waals surface area contributed by atoms with Crippen LogP contribution in [0.1, 0.15) is 10.6 Å². The third-order valence-electron chi connectivity index (χ3n) is 3.88. The predicted octanol–water partition coefficient (Wildman–Crippen LogP) is 4.16. The summed E-state index contributed by atoms with van der Waals surface area (Å²) in [6.45, 7) is 0.887. The summed E-state index contributed by atoms with van der Waals surface area (Å²) in [5.41, 5.74) is 0.617. The molecular weight excluding hydrogens is 362 g/mol. The fraction of sp³-hybridized carbons (Fsp3) is 0.105. The van der Waals surface area contributed by atoms with Gasteiger partial charge in [-0.2, -0.15) is 5.10 Å². The maximum absolute atomic E-state index is 12.8. The van der Waals surface area contributed by atoms with Crippen molar-refractivity contribution in [1.29, 1.82) is 0 Å². The summed E-state index contributed by atoms with van der Waals surface area (Å²) >= 11 is 1.61. The fourth-order valence-electron chi connectivity index (χ4n) is 2.58. The maximum atomic E-state index is 12.8. The number of anilines is 1. The molecule has 0 bridgehead atoms. The average molecular weight is 379 g/mol. The maximum Gasteiger partial charge on any atom is 0.322 e. The predicted molar refractivity (Wildman–Crippen MR) is 103 cm³/mol. The smallest absolute Gasteiger partial charge is 0.322 e. The molecule has 0 atom stereocenters. The number of rotatable bonds is 6. The molecule has 0 fully saturated rings. The molecule has 0 unspecified atom stereocenters. The second kappa shape index (κ2) is 7.88. The van der Waals surface area contributed by atoms with Crippen LogP contribution in [-0.4, -0.2) is 25.7 Å². The van der Waals surface area contributed by atoms with Crippen molar-refractivity contribution in [3.05, 3.63) is 83.3 Å². The summed E-state index contributed by atoms with van der Waals surface area (Å²) < 4.78 is 7.06. The Bertz CT molecular complexity index is 928. The lowest BCUT2D eigenvalue weighted by molar-refractivity contribution is 0.202. The minimum Gasteiger partial charge on any atom is -0.467 e. The first-order chi connectivity index (χ1) is 13.3. The SMILES string of the molecule is O=C(Nc1ccc(-n2cccn2)nc1)N(Cc1ccco1)Cc1cccs1. The van der Waals surface area contributed by atoms with Crippen LogP contribution in [0.3, 0.4) is 0 Å². The van der Waals surface area contributed by atoms with Crippen LogP contribution in [0, 0.1) is 0 Å². The van der Waals surface area contributed by atoms with Crippen molar-refractivity contribution in [2.75, 3.05) is 5.32 Å². The molecule has 4 aromatic rings. The first-order valence-electron chi connectivity index (χ1n) is 8.35. The molecule has 0 aliphatic rings. The lowest BCUT2D eigenvalue weighted by atomic mass is 10.3. The Balaban J connectivity index is 1.47. The number of hydrogen-bond acceptors (Lipinski definition) is 5. The number of pyridine rings is 1. The van der Waals surface area contributed by atoms with Crippen LogP contribution in [0.25, 0.3) is 5.82 Å². The molecule has 1 N–H and O–H groups in total. The van der Waals surface area contributed by atoms with E-state index in [0.717, 1.165) is 10.6 Å². The molecule has 2 amide bonds. The van der Waals surface area contributed by atoms with Crippen LogP contribution < -0.4 is 5.32 Å². The zero-order valence-corrected chi connectivity index (χ0v) is 15.2. The number of carbonyl (C=O) groups is 1. The molecule has 27 heavy (non-hydrogen) atoms. The highest BCUT2D eigenvalue weighted by atomic mass is 32.1. The topological polar surface area (TPSA) is 76.2 Å². The Morgan fingerprint density at radius 1 is 1.19 bits per heavy atom. The van der Waals surface area contributed by atoms with Gasteiger partial charge in [0, 0.05) is 17.3 Å². The monoisotopic (exact) mass is 379 g/mol. The van der Waals surface area contributed by atoms with Gasteiger partial charge in [0.05, 0.1) is 31.2 Å². The third kappa shape index (κ3) is 4.24. The van der Waals surface area contributed by atoms with E-state index in [9.17, 15) is 4.79 Å². The normalized spacial score (nSPS) is 10.7. The van der Waals surface area contributed by atoms with Gasteiger partial charge in [-0.3, -0.25) is 0 Å². The van der Waals surface area contributed by atoms with Crippen molar-refractivity contribution in [2.45, 2.75) is 13.1 Å². The molecule has 0 aliphatic heterocycles. The third-order valence-corrected chi connectivity index (χ3v) is 4.74. The van der Waals surface area contributed by atoms with Crippen LogP contribution >= 0.6 is 11.3 Å². The fourth-order valence-corrected chi connectivity index (χ4v) is 3.30. The number of carbonyl (C=O) groups excluding carboxylic acids is 1. The number of aromatic nitrogens is 3. The highest BCUT2D eigenvalue weighted by molar-refractivity contribution is 7.09. The molecular formula is C19H17N5O2S. The van der Waals surface area contributed by atoms with Gasteiger partial charge in [-0.15, -0.1) is 11.3 Å². The van der Waals surface area contributed by atoms with Gasteiger partial charge < -0.3 is 14.6 Å². The molecule has 0 aliphatic carbocycles. The van der Waals surface area contributed by atoms with E-state index in [2.05, 4.69) is 15.4 Å². The molecule has 0 saturated heterocycles. The first-order valence-corrected chi connectivity index (χ1v) is 9.23. The summed E-state index contributed by atoms with van der Waals surface area (Å²) in [7, 11) is 0. The van der Waals surface area contributed by atoms with E-state index in [-0.39, 0.29) is 6.03 Å². The van der Waals surface area contributed by atoms with Gasteiger partial charge in [0.1, 0.15) is 5.76 Å². The molecule has 0 saturated carbocycles. The van der Waals surface area contributed by atoms with Crippen LogP contribution in [0.15, 0.2) is 77.1 Å². The van der Waals surface area contributed by atoms with Crippen molar-refractivity contribution in [2.24, 2.45) is 0 Å². The lowest BCUT2D eigenvalue weighted by Crippen LogP contribution is -2.33. The van der Waals surface area contributed by atoms with E-state index in [1.807, 2.05) is 41.9 Å². The lowest BCUT2D eigenvalue weighted by Gasteiger charge is -2.21. The molecule has 4 rings (SSSR count). The zero-order valence-electron chi connectivity index (χ0n) is 14.4. The van der Waals surface area contributed by atoms with E-state index >= 15 is 0 Å². The number of furan rings is 1. The summed E-state index contributed by atoms with van der Waals surface area (Å²) in [6, 6.07) is 12.9. The van der Waals surface area contributed by atoms with E-state index in [0.29, 0.717) is 24.6 Å². The Morgan fingerprint density at radius 3 is 2.81 bits per heavy atom. The summed E-state index contributed by atoms with van der Waals surface area (Å²) in [5, 5.41) is 9.03. The van der Waals surface area contributed by atoms with Crippen molar-refractivity contribution in [1.82, 2.24) is 19.7 Å². The number of urea groups is 1. The Kier molecular flexibility index (Phi) is 4.97. The van der Waals surface area contributed by atoms with E-state index in [4.69, 9.17) is 4.42 Å². The van der Waals surface area contributed by atoms with E-state index < -0.39 is 0 Å². The Labute approximate surface area is 159 Å². The van der Waals surface area contributed by atoms with Crippen LogP contribution in [0.2, 0.25) is 0 Å². The highest BCUT2D eigenvalue weighted by Crippen LogP contribution is 2.17. The number of hydrogen-bond donors (Lipinski definition) is 1. The Hall–Kier alpha value is -3.39. The zero-order chi connectivity index (χ0) is 18.5. The molecule has 0 radical (unpaired) electrons. The second-order valence-electron chi connectivity index (χ2n) is 5.80. The minimum absolute atomic E-state index is 0.214. The van der Waals surface area contributed by atoms with Crippen molar-refractivity contribution in [3.63, 3.8) is 0 Å². The quantitative estimate of drug-likeness (QED) is 0.546. The van der Waals surface area contributed by atoms with Gasteiger partial charge in [-0.05, 0) is 41.8 Å². The summed E-state index contributed by atoms with van der Waals surface area (Å²) in [5.74, 6) is 1.41. The molecule has 4 aromatic heterocycles. The molecule has 136 valence electrons. The van der Waals surface area contributed by atoms with E-state index in [1.54, 1.807) is 51.7 Å². The van der Waals surface area contributed by atoms with Gasteiger partial charge in [-0.1, -0.05) is 6.07 Å². The number of nitrogens with one attached hydrogen (secondary N) is 1. The minimum atomic E-state index is -0.214. The van der Waals surface area contributed by atoms with Gasteiger partial charge in [-0.25, -0.2) is 14.5 Å². The first kappa shape index (κ1) is 17.0. The summed E-state index contributed by atoms with van der Waals surface area (Å²) in [6.07, 6.45) is 6.72. The van der Waals surface area contributed by atoms with Crippen LogP contribution in [-0.2, 0) is 13.1 Å². The van der Waals surface area contributed by atoms with Crippen molar-refractivity contribution >= 4 is 23.1 Å². The molecule has 4 heterocycles. The molecule has 0 aromatic carbocycles. The number of amides is 2. The molecule has 7 nitrogen and oxygen atoms in total.